The molecule has 3 heterocycles. The third-order valence-corrected chi connectivity index (χ3v) is 6.29. The van der Waals surface area contributed by atoms with Gasteiger partial charge in [-0.3, -0.25) is 9.59 Å². The van der Waals surface area contributed by atoms with Crippen LogP contribution in [0.3, 0.4) is 0 Å². The molecule has 1 aromatic heterocycles. The Morgan fingerprint density at radius 2 is 1.80 bits per heavy atom. The maximum absolute atomic E-state index is 13.2. The van der Waals surface area contributed by atoms with Gasteiger partial charge in [0.25, 0.3) is 5.91 Å². The number of likely N-dealkylation sites (N-methyl/N-ethyl adjacent to an activating group) is 1. The highest BCUT2D eigenvalue weighted by molar-refractivity contribution is 5.97. The van der Waals surface area contributed by atoms with Crippen LogP contribution in [0.1, 0.15) is 12.3 Å². The molecule has 0 saturated carbocycles. The Kier molecular flexibility index (Phi) is 6.45. The molecule has 9 nitrogen and oxygen atoms in total. The van der Waals surface area contributed by atoms with Crippen LogP contribution in [0.15, 0.2) is 53.1 Å². The van der Waals surface area contributed by atoms with Crippen molar-refractivity contribution in [1.29, 1.82) is 0 Å². The van der Waals surface area contributed by atoms with Crippen molar-refractivity contribution in [3.05, 3.63) is 60.2 Å². The van der Waals surface area contributed by atoms with Crippen LogP contribution in [-0.4, -0.2) is 77.6 Å². The van der Waals surface area contributed by atoms with E-state index >= 15 is 0 Å². The van der Waals surface area contributed by atoms with E-state index in [1.807, 2.05) is 25.2 Å². The highest BCUT2D eigenvalue weighted by Gasteiger charge is 2.36. The number of aromatic nitrogens is 2. The lowest BCUT2D eigenvalue weighted by Gasteiger charge is -2.38. The number of fused-ring (bicyclic) bond motifs is 1. The van der Waals surface area contributed by atoms with Gasteiger partial charge in [-0.25, -0.2) is 4.39 Å². The summed E-state index contributed by atoms with van der Waals surface area (Å²) >= 11 is 0. The minimum atomic E-state index is -0.759. The Morgan fingerprint density at radius 3 is 2.57 bits per heavy atom. The molecule has 1 atom stereocenters. The van der Waals surface area contributed by atoms with E-state index in [-0.39, 0.29) is 37.0 Å². The van der Waals surface area contributed by atoms with E-state index < -0.39 is 6.10 Å². The van der Waals surface area contributed by atoms with Crippen molar-refractivity contribution in [1.82, 2.24) is 19.9 Å². The Hall–Kier alpha value is -3.79. The molecule has 1 saturated heterocycles. The summed E-state index contributed by atoms with van der Waals surface area (Å²) in [6.45, 7) is 3.03. The van der Waals surface area contributed by atoms with Crippen LogP contribution in [0, 0.1) is 5.82 Å². The molecule has 2 aromatic carbocycles. The number of anilines is 1. The fraction of sp³-hybridized carbons (Fsp3) is 0.360. The molecule has 3 aromatic rings. The van der Waals surface area contributed by atoms with E-state index in [2.05, 4.69) is 15.0 Å². The minimum Gasteiger partial charge on any atom is -0.476 e. The lowest BCUT2D eigenvalue weighted by atomic mass is 10.1. The monoisotopic (exact) mass is 479 g/mol. The molecule has 1 unspecified atom stereocenters. The number of halogens is 1. The first-order chi connectivity index (χ1) is 17.0. The number of para-hydroxylation sites is 2. The van der Waals surface area contributed by atoms with E-state index in [0.717, 1.165) is 13.1 Å². The molecule has 0 spiro atoms. The zero-order chi connectivity index (χ0) is 24.4. The minimum absolute atomic E-state index is 0.105. The molecule has 0 N–H and O–H groups in total. The van der Waals surface area contributed by atoms with Crippen LogP contribution >= 0.6 is 0 Å². The number of ether oxygens (including phenoxy) is 1. The SMILES string of the molecule is CN1CCN(C(=O)C2CN(C(=O)CCc3nc(-c4ccc(F)cc4)no3)c3ccccc3O2)CC1. The largest absolute Gasteiger partial charge is 0.476 e. The van der Waals surface area contributed by atoms with E-state index in [4.69, 9.17) is 9.26 Å². The first-order valence-electron chi connectivity index (χ1n) is 11.6. The predicted molar refractivity (Wildman–Crippen MR) is 125 cm³/mol. The lowest BCUT2D eigenvalue weighted by molar-refractivity contribution is -0.140. The van der Waals surface area contributed by atoms with Gasteiger partial charge < -0.3 is 24.0 Å². The van der Waals surface area contributed by atoms with Crippen LogP contribution in [0.25, 0.3) is 11.4 Å². The maximum Gasteiger partial charge on any atom is 0.265 e. The fourth-order valence-corrected chi connectivity index (χ4v) is 4.25. The van der Waals surface area contributed by atoms with Crippen LogP contribution in [0.5, 0.6) is 5.75 Å². The van der Waals surface area contributed by atoms with Crippen molar-refractivity contribution >= 4 is 17.5 Å². The zero-order valence-corrected chi connectivity index (χ0v) is 19.4. The number of rotatable bonds is 5. The van der Waals surface area contributed by atoms with Gasteiger partial charge in [-0.2, -0.15) is 4.98 Å². The first kappa shape index (κ1) is 23.0. The zero-order valence-electron chi connectivity index (χ0n) is 19.4. The van der Waals surface area contributed by atoms with Gasteiger partial charge in [-0.05, 0) is 43.4 Å². The third-order valence-electron chi connectivity index (χ3n) is 6.29. The number of amides is 2. The Bertz CT molecular complexity index is 1210. The van der Waals surface area contributed by atoms with Crippen molar-refractivity contribution in [2.24, 2.45) is 0 Å². The van der Waals surface area contributed by atoms with Gasteiger partial charge in [-0.1, -0.05) is 17.3 Å². The smallest absolute Gasteiger partial charge is 0.265 e. The van der Waals surface area contributed by atoms with E-state index in [1.165, 1.54) is 12.1 Å². The summed E-state index contributed by atoms with van der Waals surface area (Å²) in [5, 5.41) is 3.93. The summed E-state index contributed by atoms with van der Waals surface area (Å²) in [4.78, 5) is 36.3. The van der Waals surface area contributed by atoms with Crippen molar-refractivity contribution in [3.63, 3.8) is 0 Å². The van der Waals surface area contributed by atoms with Crippen LogP contribution < -0.4 is 9.64 Å². The molecule has 0 radical (unpaired) electrons. The summed E-state index contributed by atoms with van der Waals surface area (Å²) in [6.07, 6.45) is -0.399. The highest BCUT2D eigenvalue weighted by atomic mass is 19.1. The fourth-order valence-electron chi connectivity index (χ4n) is 4.25. The second-order valence-electron chi connectivity index (χ2n) is 8.73. The Balaban J connectivity index is 1.27. The van der Waals surface area contributed by atoms with Gasteiger partial charge in [0.05, 0.1) is 12.2 Å². The van der Waals surface area contributed by atoms with Crippen molar-refractivity contribution in [2.45, 2.75) is 18.9 Å². The van der Waals surface area contributed by atoms with E-state index in [9.17, 15) is 14.0 Å². The number of benzene rings is 2. The normalized spacial score (nSPS) is 18.2. The third kappa shape index (κ3) is 5.02. The molecule has 5 rings (SSSR count). The molecule has 182 valence electrons. The average molecular weight is 480 g/mol. The average Bonchev–Trinajstić information content (AvgIpc) is 3.36. The van der Waals surface area contributed by atoms with Crippen molar-refractivity contribution in [2.75, 3.05) is 44.7 Å². The van der Waals surface area contributed by atoms with Gasteiger partial charge in [0.1, 0.15) is 11.6 Å². The Labute approximate surface area is 202 Å². The standard InChI is InChI=1S/C25H26FN5O4/c1-29-12-14-30(15-13-29)25(33)21-16-31(19-4-2-3-5-20(19)34-21)23(32)11-10-22-27-24(28-35-22)17-6-8-18(26)9-7-17/h2-9,21H,10-16H2,1H3. The van der Waals surface area contributed by atoms with Gasteiger partial charge in [0.15, 0.2) is 6.10 Å². The second-order valence-corrected chi connectivity index (χ2v) is 8.73. The Morgan fingerprint density at radius 1 is 1.06 bits per heavy atom. The number of carbonyl (C=O) groups is 2. The van der Waals surface area contributed by atoms with E-state index in [0.29, 0.717) is 41.8 Å². The quantitative estimate of drug-likeness (QED) is 0.555. The second kappa shape index (κ2) is 9.83. The number of nitrogens with zero attached hydrogens (tertiary/aromatic N) is 5. The summed E-state index contributed by atoms with van der Waals surface area (Å²) in [6, 6.07) is 13.0. The molecule has 2 amide bonds. The van der Waals surface area contributed by atoms with Crippen molar-refractivity contribution < 1.29 is 23.2 Å². The number of piperazine rings is 1. The summed E-state index contributed by atoms with van der Waals surface area (Å²) < 4.78 is 24.5. The summed E-state index contributed by atoms with van der Waals surface area (Å²) in [5.74, 6) is 0.533. The van der Waals surface area contributed by atoms with Crippen LogP contribution in [0.4, 0.5) is 10.1 Å². The number of carbonyl (C=O) groups excluding carboxylic acids is 2. The molecule has 10 heteroatoms. The topological polar surface area (TPSA) is 92.0 Å². The molecule has 1 fully saturated rings. The molecule has 0 aliphatic carbocycles. The molecular formula is C25H26FN5O4. The van der Waals surface area contributed by atoms with E-state index in [1.54, 1.807) is 28.0 Å². The highest BCUT2D eigenvalue weighted by Crippen LogP contribution is 2.34. The van der Waals surface area contributed by atoms with Gasteiger partial charge >= 0.3 is 0 Å². The molecule has 2 aliphatic rings. The molecule has 0 bridgehead atoms. The first-order valence-corrected chi connectivity index (χ1v) is 11.6. The van der Waals surface area contributed by atoms with Crippen LogP contribution in [-0.2, 0) is 16.0 Å². The molecule has 2 aliphatic heterocycles. The number of hydrogen-bond acceptors (Lipinski definition) is 7. The maximum atomic E-state index is 13.2. The van der Waals surface area contributed by atoms with Gasteiger partial charge in [0.2, 0.25) is 17.6 Å². The lowest BCUT2D eigenvalue weighted by Crippen LogP contribution is -2.55. The molecule has 35 heavy (non-hydrogen) atoms. The summed E-state index contributed by atoms with van der Waals surface area (Å²) in [5.41, 5.74) is 1.26. The summed E-state index contributed by atoms with van der Waals surface area (Å²) in [7, 11) is 2.03. The van der Waals surface area contributed by atoms with Gasteiger partial charge in [0, 0.05) is 44.6 Å². The molecular weight excluding hydrogens is 453 g/mol. The van der Waals surface area contributed by atoms with Crippen molar-refractivity contribution in [3.8, 4) is 17.1 Å². The number of hydrogen-bond donors (Lipinski definition) is 0. The van der Waals surface area contributed by atoms with Gasteiger partial charge in [-0.15, -0.1) is 0 Å². The van der Waals surface area contributed by atoms with Crippen LogP contribution in [0.2, 0.25) is 0 Å². The predicted octanol–water partition coefficient (Wildman–Crippen LogP) is 2.38. The number of aryl methyl sites for hydroxylation is 1.